The first kappa shape index (κ1) is 50.7. The van der Waals surface area contributed by atoms with Crippen LogP contribution in [0.25, 0.3) is 0 Å². The molecule has 6 atom stereocenters. The van der Waals surface area contributed by atoms with Gasteiger partial charge in [-0.05, 0) is 90.9 Å². The summed E-state index contributed by atoms with van der Waals surface area (Å²) >= 11 is 18.3. The van der Waals surface area contributed by atoms with Gasteiger partial charge in [0.05, 0.1) is 31.5 Å². The average Bonchev–Trinajstić information content (AvgIpc) is 3.87. The lowest BCUT2D eigenvalue weighted by molar-refractivity contribution is -0.145. The van der Waals surface area contributed by atoms with Crippen molar-refractivity contribution in [1.82, 2.24) is 35.0 Å². The van der Waals surface area contributed by atoms with Crippen LogP contribution in [-0.4, -0.2) is 127 Å². The number of amides is 4. The Morgan fingerprint density at radius 3 is 1.71 bits per heavy atom. The molecule has 0 spiro atoms. The Balaban J connectivity index is 0.000000164. The maximum atomic E-state index is 13.2. The molecule has 2 saturated heterocycles. The molecule has 0 bridgehead atoms. The maximum absolute atomic E-state index is 13.2. The number of hydrogen-bond donors (Lipinski definition) is 3. The topological polar surface area (TPSA) is 196 Å². The highest BCUT2D eigenvalue weighted by atomic mass is 35.5. The molecule has 2 saturated carbocycles. The summed E-state index contributed by atoms with van der Waals surface area (Å²) in [4.78, 5) is 69.8. The van der Waals surface area contributed by atoms with E-state index in [1.165, 1.54) is 18.2 Å². The molecular weight excluding hydrogens is 973 g/mol. The van der Waals surface area contributed by atoms with Gasteiger partial charge >= 0.3 is 18.2 Å². The Morgan fingerprint density at radius 2 is 1.23 bits per heavy atom. The number of carbonyl (C=O) groups is 5. The molecule has 69 heavy (non-hydrogen) atoms. The van der Waals surface area contributed by atoms with Crippen molar-refractivity contribution >= 4 is 74.8 Å². The van der Waals surface area contributed by atoms with Gasteiger partial charge in [0.15, 0.2) is 0 Å². The number of benzene rings is 3. The number of fused-ring (bicyclic) bond motifs is 3. The monoisotopic (exact) mass is 1030 g/mol. The molecule has 3 aromatic carbocycles. The molecule has 372 valence electrons. The van der Waals surface area contributed by atoms with Gasteiger partial charge in [-0.15, -0.1) is 0 Å². The van der Waals surface area contributed by atoms with Crippen LogP contribution in [0.5, 0.6) is 0 Å². The first-order valence-corrected chi connectivity index (χ1v) is 25.9. The summed E-state index contributed by atoms with van der Waals surface area (Å²) in [6.07, 6.45) is 1.23. The van der Waals surface area contributed by atoms with Crippen LogP contribution in [0.2, 0.25) is 15.1 Å². The number of hydrogen-bond acceptors (Lipinski definition) is 13. The summed E-state index contributed by atoms with van der Waals surface area (Å²) < 4.78 is 42.8. The highest BCUT2D eigenvalue weighted by Crippen LogP contribution is 2.47. The highest BCUT2D eigenvalue weighted by molar-refractivity contribution is 7.91. The number of likely N-dealkylation sites (tertiary alicyclic amines) is 2. The normalized spacial score (nSPS) is 25.5. The number of nitrogens with one attached hydrogen (secondary N) is 3. The standard InChI is InChI=1S/C24H31ClN4O6S.C16H19ClN2O4.C8H8ClN/c1-3-15-10-24(15,22(31)27-36(33,34)17-7-8-17)26-21(30)20-9-16(12-28(20)2)35-23(32)29-11-14-5-4-6-19(25)18(14)13-29;1-18-8-11(6-14(18)15(20)22-2)23-16(21)19-7-10-4-3-5-13(17)12(10)9-19;9-8-3-1-2-6-4-10-5-7(6)8/h4-6,15-17,20H,3,7-13H2,1-2H3,(H,26,30)(H,27,31);3-5,11,14H,6-9H2,1-2H3;1-3,10H,4-5H2/t15-,16-,20+,24?;11-,14+;/m11./s1. The third kappa shape index (κ3) is 11.3. The summed E-state index contributed by atoms with van der Waals surface area (Å²) in [5, 5.41) is 7.75. The predicted octanol–water partition coefficient (Wildman–Crippen LogP) is 5.74. The van der Waals surface area contributed by atoms with Crippen molar-refractivity contribution in [1.29, 1.82) is 0 Å². The van der Waals surface area contributed by atoms with Gasteiger partial charge in [0.1, 0.15) is 23.8 Å². The van der Waals surface area contributed by atoms with Crippen molar-refractivity contribution in [3.8, 4) is 0 Å². The molecule has 1 unspecified atom stereocenters. The number of esters is 1. The van der Waals surface area contributed by atoms with Gasteiger partial charge in [0.25, 0.3) is 5.91 Å². The van der Waals surface area contributed by atoms with Crippen LogP contribution < -0.4 is 15.4 Å². The Labute approximate surface area is 417 Å². The van der Waals surface area contributed by atoms with Gasteiger partial charge in [-0.2, -0.15) is 0 Å². The molecule has 5 aliphatic heterocycles. The quantitative estimate of drug-likeness (QED) is 0.174. The SMILES string of the molecule is CC[C@@H]1CC1(NC(=O)[C@@H]1C[C@@H](OC(=O)N2Cc3cccc(Cl)c3C2)CN1C)C(=O)NS(=O)(=O)C1CC1.COC(=O)[C@@H]1C[C@@H](OC(=O)N2Cc3cccc(Cl)c3C2)CN1C.Clc1cccc2c1CNC2. The van der Waals surface area contributed by atoms with Crippen LogP contribution in [0, 0.1) is 5.92 Å². The molecular formula is C48H58Cl3N7O10S. The molecule has 17 nitrogen and oxygen atoms in total. The second kappa shape index (κ2) is 21.0. The number of sulfonamides is 1. The summed E-state index contributed by atoms with van der Waals surface area (Å²) in [7, 11) is 1.23. The fourth-order valence-electron chi connectivity index (χ4n) is 9.83. The van der Waals surface area contributed by atoms with Crippen molar-refractivity contribution in [2.75, 3.05) is 34.3 Å². The number of methoxy groups -OCH3 is 1. The maximum Gasteiger partial charge on any atom is 0.410 e. The van der Waals surface area contributed by atoms with Crippen LogP contribution >= 0.6 is 34.8 Å². The van der Waals surface area contributed by atoms with E-state index >= 15 is 0 Å². The van der Waals surface area contributed by atoms with E-state index in [4.69, 9.17) is 49.0 Å². The van der Waals surface area contributed by atoms with Crippen LogP contribution in [0.3, 0.4) is 0 Å². The van der Waals surface area contributed by atoms with Crippen molar-refractivity contribution in [2.45, 2.75) is 120 Å². The van der Waals surface area contributed by atoms with Crippen LogP contribution in [-0.2, 0) is 77.9 Å². The Hall–Kier alpha value is -4.69. The number of nitrogens with zero attached hydrogens (tertiary/aromatic N) is 4. The van der Waals surface area contributed by atoms with E-state index in [9.17, 15) is 32.4 Å². The van der Waals surface area contributed by atoms with Gasteiger partial charge in [-0.25, -0.2) is 18.0 Å². The summed E-state index contributed by atoms with van der Waals surface area (Å²) in [6.45, 7) is 6.44. The highest BCUT2D eigenvalue weighted by Gasteiger charge is 2.62. The number of rotatable bonds is 9. The molecule has 5 heterocycles. The summed E-state index contributed by atoms with van der Waals surface area (Å²) in [6, 6.07) is 16.3. The van der Waals surface area contributed by atoms with Crippen molar-refractivity contribution < 1.29 is 46.6 Å². The smallest absolute Gasteiger partial charge is 0.410 e. The fourth-order valence-corrected chi connectivity index (χ4v) is 12.0. The number of carbonyl (C=O) groups excluding carboxylic acids is 5. The molecule has 4 amide bonds. The first-order chi connectivity index (χ1) is 32.9. The zero-order chi connectivity index (χ0) is 49.4. The third-order valence-corrected chi connectivity index (χ3v) is 17.0. The molecule has 4 fully saturated rings. The van der Waals surface area contributed by atoms with E-state index in [2.05, 4.69) is 21.4 Å². The molecule has 7 aliphatic rings. The largest absolute Gasteiger partial charge is 0.468 e. The average molecular weight is 1030 g/mol. The van der Waals surface area contributed by atoms with Crippen LogP contribution in [0.1, 0.15) is 78.8 Å². The van der Waals surface area contributed by atoms with Gasteiger partial charge in [-0.3, -0.25) is 38.7 Å². The zero-order valence-corrected chi connectivity index (χ0v) is 42.1. The Bertz CT molecular complexity index is 2600. The van der Waals surface area contributed by atoms with Gasteiger partial charge in [0.2, 0.25) is 15.9 Å². The van der Waals surface area contributed by atoms with Crippen LogP contribution in [0.15, 0.2) is 54.6 Å². The molecule has 3 aromatic rings. The zero-order valence-electron chi connectivity index (χ0n) is 39.0. The van der Waals surface area contributed by atoms with Crippen molar-refractivity contribution in [2.24, 2.45) is 5.92 Å². The Morgan fingerprint density at radius 1 is 0.725 bits per heavy atom. The van der Waals surface area contributed by atoms with E-state index in [1.54, 1.807) is 27.8 Å². The van der Waals surface area contributed by atoms with Crippen molar-refractivity contribution in [3.05, 3.63) is 103 Å². The lowest BCUT2D eigenvalue weighted by Crippen LogP contribution is -2.55. The van der Waals surface area contributed by atoms with E-state index in [0.29, 0.717) is 81.4 Å². The second-order valence-electron chi connectivity index (χ2n) is 18.8. The minimum Gasteiger partial charge on any atom is -0.468 e. The lowest BCUT2D eigenvalue weighted by Gasteiger charge is -2.24. The van der Waals surface area contributed by atoms with Gasteiger partial charge in [0, 0.05) is 67.2 Å². The second-order valence-corrected chi connectivity index (χ2v) is 22.0. The minimum atomic E-state index is -3.71. The molecule has 3 N–H and O–H groups in total. The first-order valence-electron chi connectivity index (χ1n) is 23.2. The summed E-state index contributed by atoms with van der Waals surface area (Å²) in [5.74, 6) is -1.46. The predicted molar refractivity (Wildman–Crippen MR) is 257 cm³/mol. The lowest BCUT2D eigenvalue weighted by atomic mass is 10.1. The van der Waals surface area contributed by atoms with Crippen LogP contribution in [0.4, 0.5) is 9.59 Å². The molecule has 10 rings (SSSR count). The van der Waals surface area contributed by atoms with Gasteiger partial charge < -0.3 is 24.8 Å². The fraction of sp³-hybridized carbons (Fsp3) is 0.521. The molecule has 0 aromatic heterocycles. The minimum absolute atomic E-state index is 0.125. The Kier molecular flexibility index (Phi) is 15.4. The number of likely N-dealkylation sites (N-methyl/N-ethyl adjacent to an activating group) is 2. The van der Waals surface area contributed by atoms with E-state index in [1.807, 2.05) is 61.3 Å². The van der Waals surface area contributed by atoms with E-state index in [-0.39, 0.29) is 42.5 Å². The van der Waals surface area contributed by atoms with Crippen molar-refractivity contribution in [3.63, 3.8) is 0 Å². The van der Waals surface area contributed by atoms with Gasteiger partial charge in [-0.1, -0.05) is 84.5 Å². The molecule has 21 heteroatoms. The molecule has 0 radical (unpaired) electrons. The number of halogens is 3. The van der Waals surface area contributed by atoms with E-state index < -0.39 is 45.0 Å². The molecule has 2 aliphatic carbocycles. The van der Waals surface area contributed by atoms with E-state index in [0.717, 1.165) is 40.4 Å². The number of ether oxygens (including phenoxy) is 3. The third-order valence-electron chi connectivity index (χ3n) is 14.1. The summed E-state index contributed by atoms with van der Waals surface area (Å²) in [5.41, 5.74) is 5.31.